The second-order valence-corrected chi connectivity index (χ2v) is 5.42. The van der Waals surface area contributed by atoms with Crippen molar-refractivity contribution in [2.75, 3.05) is 11.9 Å². The van der Waals surface area contributed by atoms with Crippen LogP contribution < -0.4 is 5.32 Å². The number of rotatable bonds is 2. The van der Waals surface area contributed by atoms with Crippen molar-refractivity contribution in [1.82, 2.24) is 9.88 Å². The van der Waals surface area contributed by atoms with E-state index in [2.05, 4.69) is 22.4 Å². The molecule has 3 rings (SSSR count). The van der Waals surface area contributed by atoms with Crippen LogP contribution in [0.3, 0.4) is 0 Å². The van der Waals surface area contributed by atoms with Gasteiger partial charge in [-0.25, -0.2) is 9.78 Å². The normalized spacial score (nSPS) is 18.5. The minimum absolute atomic E-state index is 0.0543. The number of aromatic nitrogens is 1. The Morgan fingerprint density at radius 1 is 1.37 bits per heavy atom. The van der Waals surface area contributed by atoms with Crippen molar-refractivity contribution in [3.05, 3.63) is 47.5 Å². The summed E-state index contributed by atoms with van der Waals surface area (Å²) < 4.78 is 0. The first-order valence-electron chi connectivity index (χ1n) is 6.36. The molecule has 1 N–H and O–H groups in total. The summed E-state index contributed by atoms with van der Waals surface area (Å²) in [6.07, 6.45) is 3.76. The number of anilines is 1. The molecule has 2 heterocycles. The summed E-state index contributed by atoms with van der Waals surface area (Å²) in [7, 11) is 0. The van der Waals surface area contributed by atoms with Gasteiger partial charge in [0.15, 0.2) is 5.13 Å². The topological polar surface area (TPSA) is 45.2 Å². The Kier molecular flexibility index (Phi) is 3.46. The smallest absolute Gasteiger partial charge is 0.317 e. The molecular formula is C14H15N3OS. The monoisotopic (exact) mass is 273 g/mol. The van der Waals surface area contributed by atoms with Crippen LogP contribution in [0.5, 0.6) is 0 Å². The molecule has 1 unspecified atom stereocenters. The standard InChI is InChI=1S/C14H15N3OS/c18-14(16-13-15-8-10-19-13)17-9-4-7-12(17)11-5-2-1-3-6-11/h1-3,5-6,8,10,12H,4,7,9H2,(H,15,16,18). The van der Waals surface area contributed by atoms with Crippen molar-refractivity contribution in [1.29, 1.82) is 0 Å². The summed E-state index contributed by atoms with van der Waals surface area (Å²) in [6.45, 7) is 0.802. The first kappa shape index (κ1) is 12.2. The Labute approximate surface area is 116 Å². The lowest BCUT2D eigenvalue weighted by molar-refractivity contribution is 0.207. The number of amides is 2. The molecule has 1 atom stereocenters. The Balaban J connectivity index is 1.74. The van der Waals surface area contributed by atoms with Gasteiger partial charge in [-0.05, 0) is 18.4 Å². The highest BCUT2D eigenvalue weighted by Crippen LogP contribution is 2.32. The van der Waals surface area contributed by atoms with E-state index in [0.29, 0.717) is 5.13 Å². The average molecular weight is 273 g/mol. The Morgan fingerprint density at radius 2 is 2.21 bits per heavy atom. The molecule has 2 amide bonds. The third kappa shape index (κ3) is 2.61. The highest BCUT2D eigenvalue weighted by atomic mass is 32.1. The van der Waals surface area contributed by atoms with E-state index in [9.17, 15) is 4.79 Å². The molecule has 1 fully saturated rings. The van der Waals surface area contributed by atoms with E-state index in [0.717, 1.165) is 19.4 Å². The molecule has 0 bridgehead atoms. The fourth-order valence-corrected chi connectivity index (χ4v) is 3.00. The molecule has 98 valence electrons. The van der Waals surface area contributed by atoms with E-state index < -0.39 is 0 Å². The molecule has 0 aliphatic carbocycles. The quantitative estimate of drug-likeness (QED) is 0.910. The number of nitrogens with one attached hydrogen (secondary N) is 1. The fourth-order valence-electron chi connectivity index (χ4n) is 2.48. The molecule has 1 aromatic carbocycles. The van der Waals surface area contributed by atoms with Gasteiger partial charge in [-0.15, -0.1) is 11.3 Å². The molecule has 1 saturated heterocycles. The summed E-state index contributed by atoms with van der Waals surface area (Å²) >= 11 is 1.44. The van der Waals surface area contributed by atoms with Crippen molar-refractivity contribution < 1.29 is 4.79 Å². The molecule has 1 aliphatic rings. The highest BCUT2D eigenvalue weighted by Gasteiger charge is 2.30. The molecule has 2 aromatic rings. The lowest BCUT2D eigenvalue weighted by Crippen LogP contribution is -2.34. The van der Waals surface area contributed by atoms with Gasteiger partial charge in [-0.1, -0.05) is 30.3 Å². The maximum absolute atomic E-state index is 12.3. The van der Waals surface area contributed by atoms with E-state index >= 15 is 0 Å². The summed E-state index contributed by atoms with van der Waals surface area (Å²) in [5.74, 6) is 0. The summed E-state index contributed by atoms with van der Waals surface area (Å²) in [5, 5.41) is 5.37. The Hall–Kier alpha value is -1.88. The van der Waals surface area contributed by atoms with Crippen LogP contribution in [0.15, 0.2) is 41.9 Å². The molecule has 1 aromatic heterocycles. The Morgan fingerprint density at radius 3 is 2.95 bits per heavy atom. The van der Waals surface area contributed by atoms with E-state index in [4.69, 9.17) is 0 Å². The van der Waals surface area contributed by atoms with Gasteiger partial charge >= 0.3 is 6.03 Å². The number of urea groups is 1. The van der Waals surface area contributed by atoms with Gasteiger partial charge < -0.3 is 4.90 Å². The van der Waals surface area contributed by atoms with Gasteiger partial charge in [0.25, 0.3) is 0 Å². The van der Waals surface area contributed by atoms with Gasteiger partial charge in [-0.3, -0.25) is 5.32 Å². The maximum atomic E-state index is 12.3. The number of thiazole rings is 1. The molecule has 0 radical (unpaired) electrons. The minimum atomic E-state index is -0.0543. The first-order valence-corrected chi connectivity index (χ1v) is 7.24. The molecule has 19 heavy (non-hydrogen) atoms. The van der Waals surface area contributed by atoms with E-state index in [1.807, 2.05) is 28.5 Å². The number of carbonyl (C=O) groups excluding carboxylic acids is 1. The Bertz CT molecular complexity index is 541. The summed E-state index contributed by atoms with van der Waals surface area (Å²) in [6, 6.07) is 10.3. The number of benzene rings is 1. The number of carbonyl (C=O) groups is 1. The number of nitrogens with zero attached hydrogens (tertiary/aromatic N) is 2. The van der Waals surface area contributed by atoms with Crippen LogP contribution >= 0.6 is 11.3 Å². The largest absolute Gasteiger partial charge is 0.324 e. The maximum Gasteiger partial charge on any atom is 0.324 e. The zero-order chi connectivity index (χ0) is 13.1. The molecule has 1 aliphatic heterocycles. The number of hydrogen-bond acceptors (Lipinski definition) is 3. The van der Waals surface area contributed by atoms with Gasteiger partial charge in [0.2, 0.25) is 0 Å². The lowest BCUT2D eigenvalue weighted by Gasteiger charge is -2.24. The zero-order valence-electron chi connectivity index (χ0n) is 10.5. The fraction of sp³-hybridized carbons (Fsp3) is 0.286. The molecular weight excluding hydrogens is 258 g/mol. The van der Waals surface area contributed by atoms with E-state index in [1.54, 1.807) is 6.20 Å². The third-order valence-corrected chi connectivity index (χ3v) is 4.03. The van der Waals surface area contributed by atoms with Crippen molar-refractivity contribution in [2.45, 2.75) is 18.9 Å². The van der Waals surface area contributed by atoms with Gasteiger partial charge in [-0.2, -0.15) is 0 Å². The van der Waals surface area contributed by atoms with Crippen molar-refractivity contribution >= 4 is 22.5 Å². The summed E-state index contributed by atoms with van der Waals surface area (Å²) in [4.78, 5) is 18.3. The van der Waals surface area contributed by atoms with Crippen LogP contribution in [0.4, 0.5) is 9.93 Å². The zero-order valence-corrected chi connectivity index (χ0v) is 11.3. The van der Waals surface area contributed by atoms with Crippen molar-refractivity contribution in [2.24, 2.45) is 0 Å². The minimum Gasteiger partial charge on any atom is -0.317 e. The van der Waals surface area contributed by atoms with E-state index in [1.165, 1.54) is 16.9 Å². The number of likely N-dealkylation sites (tertiary alicyclic amines) is 1. The van der Waals surface area contributed by atoms with Gasteiger partial charge in [0.1, 0.15) is 0 Å². The van der Waals surface area contributed by atoms with Gasteiger partial charge in [0.05, 0.1) is 6.04 Å². The predicted molar refractivity (Wildman–Crippen MR) is 76.3 cm³/mol. The number of hydrogen-bond donors (Lipinski definition) is 1. The van der Waals surface area contributed by atoms with Crippen LogP contribution in [0.2, 0.25) is 0 Å². The predicted octanol–water partition coefficient (Wildman–Crippen LogP) is 3.51. The molecule has 4 nitrogen and oxygen atoms in total. The van der Waals surface area contributed by atoms with Gasteiger partial charge in [0, 0.05) is 18.1 Å². The van der Waals surface area contributed by atoms with Crippen LogP contribution in [-0.4, -0.2) is 22.5 Å². The average Bonchev–Trinajstić information content (AvgIpc) is 3.10. The second-order valence-electron chi connectivity index (χ2n) is 4.53. The SMILES string of the molecule is O=C(Nc1nccs1)N1CCCC1c1ccccc1. The van der Waals surface area contributed by atoms with Crippen LogP contribution in [-0.2, 0) is 0 Å². The van der Waals surface area contributed by atoms with E-state index in [-0.39, 0.29) is 12.1 Å². The highest BCUT2D eigenvalue weighted by molar-refractivity contribution is 7.13. The van der Waals surface area contributed by atoms with Crippen LogP contribution in [0, 0.1) is 0 Å². The molecule has 0 spiro atoms. The second kappa shape index (κ2) is 5.40. The third-order valence-electron chi connectivity index (χ3n) is 3.34. The van der Waals surface area contributed by atoms with Crippen molar-refractivity contribution in [3.63, 3.8) is 0 Å². The summed E-state index contributed by atoms with van der Waals surface area (Å²) in [5.41, 5.74) is 1.20. The van der Waals surface area contributed by atoms with Crippen LogP contribution in [0.25, 0.3) is 0 Å². The molecule has 5 heteroatoms. The lowest BCUT2D eigenvalue weighted by atomic mass is 10.1. The van der Waals surface area contributed by atoms with Crippen molar-refractivity contribution in [3.8, 4) is 0 Å². The first-order chi connectivity index (χ1) is 9.34. The van der Waals surface area contributed by atoms with Crippen LogP contribution in [0.1, 0.15) is 24.4 Å². The molecule has 0 saturated carbocycles.